The van der Waals surface area contributed by atoms with E-state index in [0.29, 0.717) is 18.2 Å². The number of pyridine rings is 1. The zero-order chi connectivity index (χ0) is 20.0. The van der Waals surface area contributed by atoms with Gasteiger partial charge in [0.15, 0.2) is 5.75 Å². The monoisotopic (exact) mass is 395 g/mol. The van der Waals surface area contributed by atoms with Crippen LogP contribution >= 0.6 is 0 Å². The third-order valence-electron chi connectivity index (χ3n) is 6.37. The quantitative estimate of drug-likeness (QED) is 0.822. The SMILES string of the molecule is COc1cnc(N2C[C@H]3C[C@@H](C2)[C@H](CNC(=O)C2CC2)n2c3cccc2=O)nc1. The maximum atomic E-state index is 12.7. The molecule has 0 spiro atoms. The van der Waals surface area contributed by atoms with E-state index < -0.39 is 0 Å². The van der Waals surface area contributed by atoms with Crippen LogP contribution < -0.4 is 20.5 Å². The topological polar surface area (TPSA) is 89.4 Å². The lowest BCUT2D eigenvalue weighted by atomic mass is 9.78. The Morgan fingerprint density at radius 1 is 1.24 bits per heavy atom. The van der Waals surface area contributed by atoms with Crippen molar-refractivity contribution in [2.75, 3.05) is 31.6 Å². The van der Waals surface area contributed by atoms with Gasteiger partial charge in [0.25, 0.3) is 5.56 Å². The summed E-state index contributed by atoms with van der Waals surface area (Å²) in [5.41, 5.74) is 1.05. The summed E-state index contributed by atoms with van der Waals surface area (Å²) >= 11 is 0. The number of piperidine rings is 1. The van der Waals surface area contributed by atoms with E-state index in [1.165, 1.54) is 0 Å². The first-order chi connectivity index (χ1) is 14.1. The predicted molar refractivity (Wildman–Crippen MR) is 107 cm³/mol. The first-order valence-electron chi connectivity index (χ1n) is 10.2. The van der Waals surface area contributed by atoms with Crippen molar-refractivity contribution in [2.45, 2.75) is 31.2 Å². The van der Waals surface area contributed by atoms with Crippen molar-refractivity contribution in [3.05, 3.63) is 46.6 Å². The molecule has 2 aromatic rings. The molecule has 5 rings (SSSR count). The Hall–Kier alpha value is -2.90. The molecule has 8 nitrogen and oxygen atoms in total. The highest BCUT2D eigenvalue weighted by molar-refractivity contribution is 5.80. The fraction of sp³-hybridized carbons (Fsp3) is 0.524. The first-order valence-corrected chi connectivity index (χ1v) is 10.2. The summed E-state index contributed by atoms with van der Waals surface area (Å²) in [6.45, 7) is 2.02. The summed E-state index contributed by atoms with van der Waals surface area (Å²) in [5.74, 6) is 2.06. The number of carbonyl (C=O) groups is 1. The van der Waals surface area contributed by atoms with Gasteiger partial charge in [0.1, 0.15) is 0 Å². The minimum atomic E-state index is -0.0568. The molecular formula is C21H25N5O3. The number of nitrogens with zero attached hydrogens (tertiary/aromatic N) is 4. The van der Waals surface area contributed by atoms with Crippen molar-refractivity contribution in [1.82, 2.24) is 19.9 Å². The van der Waals surface area contributed by atoms with Gasteiger partial charge in [-0.25, -0.2) is 9.97 Å². The normalized spacial score (nSPS) is 25.3. The number of carbonyl (C=O) groups excluding carboxylic acids is 1. The molecule has 0 aromatic carbocycles. The number of nitrogens with one attached hydrogen (secondary N) is 1. The van der Waals surface area contributed by atoms with Crippen molar-refractivity contribution >= 4 is 11.9 Å². The lowest BCUT2D eigenvalue weighted by Crippen LogP contribution is -2.52. The van der Waals surface area contributed by atoms with Gasteiger partial charge in [-0.2, -0.15) is 0 Å². The summed E-state index contributed by atoms with van der Waals surface area (Å²) in [7, 11) is 1.60. The van der Waals surface area contributed by atoms with E-state index in [-0.39, 0.29) is 35.3 Å². The largest absolute Gasteiger partial charge is 0.494 e. The molecule has 8 heteroatoms. The average Bonchev–Trinajstić information content (AvgIpc) is 3.59. The van der Waals surface area contributed by atoms with Crippen LogP contribution in [0.1, 0.15) is 36.9 Å². The molecule has 4 heterocycles. The molecule has 2 aliphatic heterocycles. The molecule has 2 aromatic heterocycles. The van der Waals surface area contributed by atoms with Crippen molar-refractivity contribution < 1.29 is 9.53 Å². The molecule has 2 bridgehead atoms. The number of anilines is 1. The standard InChI is InChI=1S/C21H25N5O3/c1-29-16-8-23-21(24-9-16)25-11-14-7-15(12-25)18(10-22-20(28)13-5-6-13)26-17(14)3-2-4-19(26)27/h2-4,8-9,13-15,18H,5-7,10-12H2,1H3,(H,22,28)/t14-,15+,18+/m1/s1. The van der Waals surface area contributed by atoms with E-state index >= 15 is 0 Å². The van der Waals surface area contributed by atoms with E-state index in [1.54, 1.807) is 25.6 Å². The fourth-order valence-electron chi connectivity index (χ4n) is 4.74. The third kappa shape index (κ3) is 3.36. The van der Waals surface area contributed by atoms with Gasteiger partial charge < -0.3 is 19.5 Å². The second kappa shape index (κ2) is 7.17. The number of methoxy groups -OCH3 is 1. The van der Waals surface area contributed by atoms with Gasteiger partial charge in [-0.05, 0) is 31.2 Å². The molecule has 3 atom stereocenters. The summed E-state index contributed by atoms with van der Waals surface area (Å²) in [4.78, 5) is 36.0. The van der Waals surface area contributed by atoms with Crippen LogP contribution in [0.5, 0.6) is 5.75 Å². The minimum absolute atomic E-state index is 0.0111. The molecule has 152 valence electrons. The zero-order valence-electron chi connectivity index (χ0n) is 16.5. The van der Waals surface area contributed by atoms with E-state index in [2.05, 4.69) is 20.2 Å². The van der Waals surface area contributed by atoms with Crippen LogP contribution in [0.3, 0.4) is 0 Å². The van der Waals surface area contributed by atoms with Crippen LogP contribution in [0.15, 0.2) is 35.4 Å². The number of hydrogen-bond acceptors (Lipinski definition) is 6. The minimum Gasteiger partial charge on any atom is -0.494 e. The van der Waals surface area contributed by atoms with Gasteiger partial charge in [-0.15, -0.1) is 0 Å². The Kier molecular flexibility index (Phi) is 4.49. The van der Waals surface area contributed by atoms with Gasteiger partial charge in [0.05, 0.1) is 25.5 Å². The highest BCUT2D eigenvalue weighted by Crippen LogP contribution is 2.41. The summed E-state index contributed by atoms with van der Waals surface area (Å²) < 4.78 is 7.08. The molecule has 1 aliphatic carbocycles. The molecule has 1 N–H and O–H groups in total. The maximum Gasteiger partial charge on any atom is 0.251 e. The van der Waals surface area contributed by atoms with Crippen LogP contribution in [0.2, 0.25) is 0 Å². The smallest absolute Gasteiger partial charge is 0.251 e. The highest BCUT2D eigenvalue weighted by Gasteiger charge is 2.41. The Morgan fingerprint density at radius 2 is 2.03 bits per heavy atom. The molecule has 29 heavy (non-hydrogen) atoms. The Balaban J connectivity index is 1.44. The second-order valence-corrected chi connectivity index (χ2v) is 8.27. The van der Waals surface area contributed by atoms with E-state index in [0.717, 1.165) is 38.0 Å². The fourth-order valence-corrected chi connectivity index (χ4v) is 4.74. The number of aromatic nitrogens is 3. The molecule has 1 saturated heterocycles. The molecule has 2 fully saturated rings. The summed E-state index contributed by atoms with van der Waals surface area (Å²) in [6, 6.07) is 5.43. The van der Waals surface area contributed by atoms with Gasteiger partial charge in [-0.1, -0.05) is 6.07 Å². The lowest BCUT2D eigenvalue weighted by Gasteiger charge is -2.47. The van der Waals surface area contributed by atoms with Crippen molar-refractivity contribution in [2.24, 2.45) is 11.8 Å². The summed E-state index contributed by atoms with van der Waals surface area (Å²) in [6.07, 6.45) is 6.30. The Labute approximate surface area is 168 Å². The number of hydrogen-bond donors (Lipinski definition) is 1. The number of amides is 1. The highest BCUT2D eigenvalue weighted by atomic mass is 16.5. The van der Waals surface area contributed by atoms with E-state index in [1.807, 2.05) is 16.7 Å². The van der Waals surface area contributed by atoms with Crippen molar-refractivity contribution in [3.63, 3.8) is 0 Å². The predicted octanol–water partition coefficient (Wildman–Crippen LogP) is 1.34. The molecular weight excluding hydrogens is 370 g/mol. The average molecular weight is 395 g/mol. The summed E-state index contributed by atoms with van der Waals surface area (Å²) in [5, 5.41) is 3.09. The maximum absolute atomic E-state index is 12.7. The zero-order valence-corrected chi connectivity index (χ0v) is 16.5. The van der Waals surface area contributed by atoms with Gasteiger partial charge >= 0.3 is 0 Å². The van der Waals surface area contributed by atoms with Crippen molar-refractivity contribution in [3.8, 4) is 5.75 Å². The first kappa shape index (κ1) is 18.1. The van der Waals surface area contributed by atoms with Crippen LogP contribution in [0.25, 0.3) is 0 Å². The van der Waals surface area contributed by atoms with Crippen LogP contribution in [-0.4, -0.2) is 47.2 Å². The van der Waals surface area contributed by atoms with Gasteiger partial charge in [0.2, 0.25) is 11.9 Å². The third-order valence-corrected chi connectivity index (χ3v) is 6.37. The lowest BCUT2D eigenvalue weighted by molar-refractivity contribution is -0.122. The molecule has 1 amide bonds. The molecule has 0 radical (unpaired) electrons. The number of rotatable bonds is 5. The second-order valence-electron chi connectivity index (χ2n) is 8.27. The van der Waals surface area contributed by atoms with Gasteiger partial charge in [-0.3, -0.25) is 9.59 Å². The van der Waals surface area contributed by atoms with Crippen LogP contribution in [0.4, 0.5) is 5.95 Å². The molecule has 3 aliphatic rings. The van der Waals surface area contributed by atoms with Crippen LogP contribution in [0, 0.1) is 11.8 Å². The number of ether oxygens (including phenoxy) is 1. The van der Waals surface area contributed by atoms with E-state index in [9.17, 15) is 9.59 Å². The van der Waals surface area contributed by atoms with Crippen molar-refractivity contribution in [1.29, 1.82) is 0 Å². The van der Waals surface area contributed by atoms with Crippen LogP contribution in [-0.2, 0) is 4.79 Å². The van der Waals surface area contributed by atoms with Gasteiger partial charge in [0, 0.05) is 43.2 Å². The van der Waals surface area contributed by atoms with E-state index in [4.69, 9.17) is 4.74 Å². The molecule has 1 saturated carbocycles. The Morgan fingerprint density at radius 3 is 2.76 bits per heavy atom. The molecule has 0 unspecified atom stereocenters. The Bertz CT molecular complexity index is 969. The number of fused-ring (bicyclic) bond motifs is 4.